The van der Waals surface area contributed by atoms with Crippen molar-refractivity contribution in [3.05, 3.63) is 33.1 Å². The molecule has 1 fully saturated rings. The third-order valence-corrected chi connectivity index (χ3v) is 11.4. The number of carbonyl (C=O) groups excluding carboxylic acids is 2. The first-order valence-electron chi connectivity index (χ1n) is 11.2. The average Bonchev–Trinajstić information content (AvgIpc) is 3.02. The molecule has 1 aliphatic rings. The molecule has 0 unspecified atom stereocenters. The van der Waals surface area contributed by atoms with Crippen molar-refractivity contribution in [2.45, 2.75) is 84.2 Å². The molecule has 192 valence electrons. The van der Waals surface area contributed by atoms with Gasteiger partial charge in [-0.05, 0) is 24.1 Å². The number of nitrogens with zero attached hydrogens (tertiary/aromatic N) is 1. The minimum absolute atomic E-state index is 0.0645. The van der Waals surface area contributed by atoms with E-state index in [0.717, 1.165) is 4.57 Å². The Morgan fingerprint density at radius 3 is 2.35 bits per heavy atom. The van der Waals surface area contributed by atoms with Crippen molar-refractivity contribution >= 4 is 20.3 Å². The fraction of sp³-hybridized carbons (Fsp3) is 0.727. The molecule has 0 radical (unpaired) electrons. The van der Waals surface area contributed by atoms with Gasteiger partial charge in [-0.25, -0.2) is 4.79 Å². The van der Waals surface area contributed by atoms with Crippen molar-refractivity contribution < 1.29 is 33.0 Å². The van der Waals surface area contributed by atoms with Gasteiger partial charge in [0, 0.05) is 26.1 Å². The highest BCUT2D eigenvalue weighted by molar-refractivity contribution is 6.74. The van der Waals surface area contributed by atoms with Crippen molar-refractivity contribution in [1.82, 2.24) is 9.55 Å². The second-order valence-electron chi connectivity index (χ2n) is 9.74. The molecule has 4 atom stereocenters. The molecule has 34 heavy (non-hydrogen) atoms. The molecule has 1 N–H and O–H groups in total. The highest BCUT2D eigenvalue weighted by Gasteiger charge is 2.50. The third-order valence-electron chi connectivity index (χ3n) is 6.84. The largest absolute Gasteiger partial charge is 0.463 e. The van der Waals surface area contributed by atoms with E-state index in [4.69, 9.17) is 23.4 Å². The smallest absolute Gasteiger partial charge is 0.330 e. The minimum Gasteiger partial charge on any atom is -0.463 e. The first-order valence-corrected chi connectivity index (χ1v) is 14.1. The number of aromatic nitrogens is 2. The zero-order valence-electron chi connectivity index (χ0n) is 21.1. The van der Waals surface area contributed by atoms with E-state index in [0.29, 0.717) is 5.92 Å². The Morgan fingerprint density at radius 2 is 1.82 bits per heavy atom. The number of hydrogen-bond acceptors (Lipinski definition) is 9. The van der Waals surface area contributed by atoms with Crippen molar-refractivity contribution in [3.63, 3.8) is 0 Å². The normalized spacial score (nSPS) is 23.2. The molecule has 11 nitrogen and oxygen atoms in total. The van der Waals surface area contributed by atoms with Crippen molar-refractivity contribution in [2.75, 3.05) is 13.4 Å². The Bertz CT molecular complexity index is 985. The molecule has 2 rings (SSSR count). The van der Waals surface area contributed by atoms with Crippen LogP contribution < -0.4 is 11.2 Å². The summed E-state index contributed by atoms with van der Waals surface area (Å²) in [5.41, 5.74) is -1.30. The summed E-state index contributed by atoms with van der Waals surface area (Å²) in [6.07, 6.45) is -2.67. The third kappa shape index (κ3) is 6.43. The van der Waals surface area contributed by atoms with Crippen LogP contribution in [-0.4, -0.2) is 61.5 Å². The molecule has 1 aliphatic heterocycles. The SMILES string of the molecule is CC(=O)OC[C@H]1O[C@@H](n2ccc(=O)[nH]c2=O)[C@H](OCO[Si](C)(C)C(C)(C)C(C)C)[C@@H]1OC(C)=O. The van der Waals surface area contributed by atoms with E-state index in [1.807, 2.05) is 0 Å². The lowest BCUT2D eigenvalue weighted by atomic mass is 9.99. The number of ether oxygens (including phenoxy) is 4. The van der Waals surface area contributed by atoms with Gasteiger partial charge in [-0.3, -0.25) is 23.9 Å². The Balaban J connectivity index is 2.35. The van der Waals surface area contributed by atoms with Crippen LogP contribution in [0.1, 0.15) is 47.8 Å². The predicted molar refractivity (Wildman–Crippen MR) is 125 cm³/mol. The Morgan fingerprint density at radius 1 is 1.18 bits per heavy atom. The standard InChI is InChI=1S/C22H36N2O9Si/c1-13(2)22(5,6)34(7,8)31-12-30-19-18(32-15(4)26)16(11-29-14(3)25)33-20(19)24-10-9-17(27)23-21(24)28/h9-10,13,16,18-20H,11-12H2,1-8H3,(H,23,27,28)/t16-,18-,19-,20-/m1/s1. The summed E-state index contributed by atoms with van der Waals surface area (Å²) < 4.78 is 29.9. The van der Waals surface area contributed by atoms with E-state index < -0.39 is 56.0 Å². The number of rotatable bonds is 10. The van der Waals surface area contributed by atoms with Crippen LogP contribution in [0, 0.1) is 5.92 Å². The topological polar surface area (TPSA) is 135 Å². The molecule has 0 aliphatic carbocycles. The van der Waals surface area contributed by atoms with Gasteiger partial charge in [-0.2, -0.15) is 0 Å². The summed E-state index contributed by atoms with van der Waals surface area (Å²) in [6.45, 7) is 14.9. The van der Waals surface area contributed by atoms with E-state index in [9.17, 15) is 19.2 Å². The van der Waals surface area contributed by atoms with Crippen LogP contribution in [0.5, 0.6) is 0 Å². The summed E-state index contributed by atoms with van der Waals surface area (Å²) in [7, 11) is -2.25. The molecule has 0 bridgehead atoms. The van der Waals surface area contributed by atoms with Gasteiger partial charge in [0.05, 0.1) is 0 Å². The Kier molecular flexibility index (Phi) is 9.02. The van der Waals surface area contributed by atoms with Crippen LogP contribution >= 0.6 is 0 Å². The Labute approximate surface area is 199 Å². The van der Waals surface area contributed by atoms with E-state index in [1.165, 1.54) is 26.1 Å². The van der Waals surface area contributed by atoms with Crippen LogP contribution in [0.3, 0.4) is 0 Å². The van der Waals surface area contributed by atoms with Gasteiger partial charge in [0.2, 0.25) is 0 Å². The van der Waals surface area contributed by atoms with Crippen LogP contribution in [0.4, 0.5) is 0 Å². The van der Waals surface area contributed by atoms with Crippen molar-refractivity contribution in [1.29, 1.82) is 0 Å². The number of H-pyrrole nitrogens is 1. The number of carbonyl (C=O) groups is 2. The summed E-state index contributed by atoms with van der Waals surface area (Å²) in [5, 5.41) is -0.0645. The molecule has 1 saturated heterocycles. The summed E-state index contributed by atoms with van der Waals surface area (Å²) >= 11 is 0. The van der Waals surface area contributed by atoms with Crippen LogP contribution in [0.25, 0.3) is 0 Å². The molecular formula is C22H36N2O9Si. The van der Waals surface area contributed by atoms with Crippen molar-refractivity contribution in [3.8, 4) is 0 Å². The van der Waals surface area contributed by atoms with Crippen molar-refractivity contribution in [2.24, 2.45) is 5.92 Å². The summed E-state index contributed by atoms with van der Waals surface area (Å²) in [5.74, 6) is -0.765. The summed E-state index contributed by atoms with van der Waals surface area (Å²) in [4.78, 5) is 49.4. The quantitative estimate of drug-likeness (QED) is 0.290. The molecule has 0 saturated carbocycles. The second kappa shape index (κ2) is 11.0. The highest BCUT2D eigenvalue weighted by atomic mass is 28.4. The van der Waals surface area contributed by atoms with Gasteiger partial charge >= 0.3 is 17.6 Å². The maximum atomic E-state index is 12.5. The first-order chi connectivity index (χ1) is 15.7. The lowest BCUT2D eigenvalue weighted by Crippen LogP contribution is -2.47. The zero-order valence-corrected chi connectivity index (χ0v) is 22.1. The molecular weight excluding hydrogens is 464 g/mol. The number of nitrogens with one attached hydrogen (secondary N) is 1. The number of hydrogen-bond donors (Lipinski definition) is 1. The maximum absolute atomic E-state index is 12.5. The average molecular weight is 501 g/mol. The van der Waals surface area contributed by atoms with E-state index in [1.54, 1.807) is 0 Å². The summed E-state index contributed by atoms with van der Waals surface area (Å²) in [6, 6.07) is 1.17. The van der Waals surface area contributed by atoms with Gasteiger partial charge in [-0.15, -0.1) is 0 Å². The first kappa shape index (κ1) is 28.0. The zero-order chi connectivity index (χ0) is 25.8. The van der Waals surface area contributed by atoms with Gasteiger partial charge in [0.1, 0.15) is 25.6 Å². The van der Waals surface area contributed by atoms with Crippen LogP contribution in [-0.2, 0) is 33.0 Å². The molecule has 0 aromatic carbocycles. The van der Waals surface area contributed by atoms with E-state index in [-0.39, 0.29) is 18.4 Å². The molecule has 0 amide bonds. The molecule has 1 aromatic heterocycles. The molecule has 2 heterocycles. The maximum Gasteiger partial charge on any atom is 0.330 e. The lowest BCUT2D eigenvalue weighted by Gasteiger charge is -2.42. The lowest BCUT2D eigenvalue weighted by molar-refractivity contribution is -0.162. The fourth-order valence-electron chi connectivity index (χ4n) is 3.55. The highest BCUT2D eigenvalue weighted by Crippen LogP contribution is 2.44. The van der Waals surface area contributed by atoms with Crippen LogP contribution in [0.2, 0.25) is 18.1 Å². The van der Waals surface area contributed by atoms with Crippen LogP contribution in [0.15, 0.2) is 21.9 Å². The van der Waals surface area contributed by atoms with Gasteiger partial charge in [-0.1, -0.05) is 27.7 Å². The van der Waals surface area contributed by atoms with Gasteiger partial charge in [0.25, 0.3) is 5.56 Å². The predicted octanol–water partition coefficient (Wildman–Crippen LogP) is 1.93. The van der Waals surface area contributed by atoms with Gasteiger partial charge in [0.15, 0.2) is 20.6 Å². The molecule has 12 heteroatoms. The Hall–Kier alpha value is -2.28. The molecule has 0 spiro atoms. The monoisotopic (exact) mass is 500 g/mol. The van der Waals surface area contributed by atoms with E-state index in [2.05, 4.69) is 45.8 Å². The molecule has 1 aromatic rings. The second-order valence-corrected chi connectivity index (χ2v) is 14.3. The fourth-order valence-corrected chi connectivity index (χ4v) is 5.67. The number of aromatic amines is 1. The van der Waals surface area contributed by atoms with E-state index >= 15 is 0 Å². The minimum atomic E-state index is -2.25. The number of esters is 2. The van der Waals surface area contributed by atoms with Gasteiger partial charge < -0.3 is 23.4 Å².